The second-order valence-corrected chi connectivity index (χ2v) is 11.6. The van der Waals surface area contributed by atoms with Crippen LogP contribution in [0.1, 0.15) is 53.4 Å². The Kier molecular flexibility index (Phi) is 7.66. The van der Waals surface area contributed by atoms with Gasteiger partial charge in [-0.25, -0.2) is 9.97 Å². The van der Waals surface area contributed by atoms with Crippen molar-refractivity contribution in [2.75, 3.05) is 16.8 Å². The van der Waals surface area contributed by atoms with Crippen molar-refractivity contribution in [1.82, 2.24) is 15.0 Å². The van der Waals surface area contributed by atoms with E-state index in [4.69, 9.17) is 15.0 Å². The third-order valence-electron chi connectivity index (χ3n) is 7.82. The molecule has 2 aromatic carbocycles. The van der Waals surface area contributed by atoms with E-state index in [2.05, 4.69) is 79.7 Å². The van der Waals surface area contributed by atoms with E-state index in [9.17, 15) is 0 Å². The van der Waals surface area contributed by atoms with Crippen LogP contribution >= 0.6 is 11.3 Å². The van der Waals surface area contributed by atoms with Crippen LogP contribution in [0.25, 0.3) is 33.1 Å². The number of aromatic nitrogens is 3. The molecule has 0 spiro atoms. The number of pyridine rings is 2. The van der Waals surface area contributed by atoms with Crippen LogP contribution in [-0.2, 0) is 19.4 Å². The topological polar surface area (TPSA) is 53.9 Å². The molecule has 5 aromatic rings. The molecule has 0 aliphatic carbocycles. The van der Waals surface area contributed by atoms with Gasteiger partial charge < -0.3 is 10.2 Å². The van der Waals surface area contributed by atoms with Gasteiger partial charge in [-0.2, -0.15) is 0 Å². The van der Waals surface area contributed by atoms with Gasteiger partial charge in [0.2, 0.25) is 0 Å². The molecule has 4 heterocycles. The summed E-state index contributed by atoms with van der Waals surface area (Å²) in [6, 6.07) is 21.4. The molecule has 0 radical (unpaired) electrons. The van der Waals surface area contributed by atoms with Crippen molar-refractivity contribution < 1.29 is 0 Å². The lowest BCUT2D eigenvalue weighted by atomic mass is 9.95. The largest absolute Gasteiger partial charge is 0.352 e. The summed E-state index contributed by atoms with van der Waals surface area (Å²) in [4.78, 5) is 16.9. The highest BCUT2D eigenvalue weighted by molar-refractivity contribution is 7.22. The highest BCUT2D eigenvalue weighted by Gasteiger charge is 2.23. The van der Waals surface area contributed by atoms with Crippen LogP contribution < -0.4 is 10.2 Å². The lowest BCUT2D eigenvalue weighted by Crippen LogP contribution is -2.32. The van der Waals surface area contributed by atoms with E-state index in [-0.39, 0.29) is 0 Å². The first kappa shape index (κ1) is 26.9. The van der Waals surface area contributed by atoms with Gasteiger partial charge in [0.05, 0.1) is 27.3 Å². The number of nitrogens with zero attached hydrogens (tertiary/aromatic N) is 4. The van der Waals surface area contributed by atoms with E-state index < -0.39 is 0 Å². The molecule has 0 bridgehead atoms. The summed E-state index contributed by atoms with van der Waals surface area (Å²) in [7, 11) is 0. The number of rotatable bonds is 9. The Morgan fingerprint density at radius 1 is 1.07 bits per heavy atom. The predicted molar refractivity (Wildman–Crippen MR) is 174 cm³/mol. The maximum atomic E-state index is 5.08. The minimum atomic E-state index is 0.715. The fourth-order valence-corrected chi connectivity index (χ4v) is 6.52. The summed E-state index contributed by atoms with van der Waals surface area (Å²) < 4.78 is 1.15. The van der Waals surface area contributed by atoms with Crippen molar-refractivity contribution in [3.05, 3.63) is 114 Å². The molecule has 6 heteroatoms. The normalized spacial score (nSPS) is 12.8. The summed E-state index contributed by atoms with van der Waals surface area (Å²) in [5.41, 5.74) is 11.0. The number of hydrogen-bond acceptors (Lipinski definition) is 6. The fourth-order valence-electron chi connectivity index (χ4n) is 5.63. The molecular formula is C35H35N5S. The maximum Gasteiger partial charge on any atom is 0.188 e. The number of fused-ring (bicyclic) bond motifs is 2. The minimum Gasteiger partial charge on any atom is -0.352 e. The van der Waals surface area contributed by atoms with E-state index in [1.807, 2.05) is 30.5 Å². The van der Waals surface area contributed by atoms with Crippen LogP contribution in [0.3, 0.4) is 0 Å². The average Bonchev–Trinajstić information content (AvgIpc) is 3.41. The standard InChI is InChI=1S/C35H35N5S/c1-5-7-10-25-13-14-27(23(3)21-25)28-15-16-33(38-30(28)6-2)40-20-18-26-17-19-36-34(29(26)22-40)24(4)37-35-39-31-11-8-9-12-32(31)41-35/h6,8-9,11-17,19,21H,2,4-5,7,10,18,20,22H2,1,3H3,(H,37,39). The Balaban J connectivity index is 1.25. The lowest BCUT2D eigenvalue weighted by Gasteiger charge is -2.31. The average molecular weight is 558 g/mol. The molecule has 5 nitrogen and oxygen atoms in total. The monoisotopic (exact) mass is 557 g/mol. The molecule has 0 amide bonds. The van der Waals surface area contributed by atoms with Crippen molar-refractivity contribution in [3.63, 3.8) is 0 Å². The zero-order valence-electron chi connectivity index (χ0n) is 23.8. The van der Waals surface area contributed by atoms with Crippen LogP contribution in [0.4, 0.5) is 10.9 Å². The van der Waals surface area contributed by atoms with Crippen LogP contribution in [0.2, 0.25) is 0 Å². The van der Waals surface area contributed by atoms with Crippen LogP contribution in [0, 0.1) is 6.92 Å². The Hall–Kier alpha value is -4.29. The molecule has 0 saturated heterocycles. The van der Waals surface area contributed by atoms with Gasteiger partial charge in [0.15, 0.2) is 5.13 Å². The van der Waals surface area contributed by atoms with E-state index in [0.29, 0.717) is 6.54 Å². The number of thiazole rings is 1. The molecule has 1 aliphatic heterocycles. The molecule has 0 atom stereocenters. The molecule has 6 rings (SSSR count). The highest BCUT2D eigenvalue weighted by Crippen LogP contribution is 2.33. The number of aryl methyl sites for hydroxylation is 2. The number of hydrogen-bond donors (Lipinski definition) is 1. The number of para-hydroxylation sites is 1. The molecule has 1 aliphatic rings. The molecule has 41 heavy (non-hydrogen) atoms. The Labute approximate surface area is 246 Å². The minimum absolute atomic E-state index is 0.715. The van der Waals surface area contributed by atoms with Gasteiger partial charge in [0.25, 0.3) is 0 Å². The molecule has 206 valence electrons. The first-order valence-electron chi connectivity index (χ1n) is 14.3. The second-order valence-electron chi connectivity index (χ2n) is 10.6. The Morgan fingerprint density at radius 3 is 2.73 bits per heavy atom. The van der Waals surface area contributed by atoms with Gasteiger partial charge in [-0.05, 0) is 84.8 Å². The van der Waals surface area contributed by atoms with Crippen molar-refractivity contribution >= 4 is 44.3 Å². The summed E-state index contributed by atoms with van der Waals surface area (Å²) in [5, 5.41) is 4.24. The summed E-state index contributed by atoms with van der Waals surface area (Å²) in [5.74, 6) is 0.950. The smallest absolute Gasteiger partial charge is 0.188 e. The molecule has 0 fully saturated rings. The van der Waals surface area contributed by atoms with Crippen molar-refractivity contribution in [3.8, 4) is 11.1 Å². The van der Waals surface area contributed by atoms with Gasteiger partial charge >= 0.3 is 0 Å². The first-order chi connectivity index (χ1) is 20.0. The summed E-state index contributed by atoms with van der Waals surface area (Å²) in [6.45, 7) is 14.5. The zero-order valence-corrected chi connectivity index (χ0v) is 24.6. The van der Waals surface area contributed by atoms with Crippen molar-refractivity contribution in [1.29, 1.82) is 0 Å². The van der Waals surface area contributed by atoms with Gasteiger partial charge in [0.1, 0.15) is 5.82 Å². The third kappa shape index (κ3) is 5.52. The number of nitrogens with one attached hydrogen (secondary N) is 1. The van der Waals surface area contributed by atoms with E-state index in [1.165, 1.54) is 40.7 Å². The Bertz CT molecular complexity index is 1720. The van der Waals surface area contributed by atoms with Gasteiger partial charge in [0, 0.05) is 30.4 Å². The van der Waals surface area contributed by atoms with Crippen molar-refractivity contribution in [2.24, 2.45) is 0 Å². The number of anilines is 2. The molecule has 1 N–H and O–H groups in total. The quantitative estimate of drug-likeness (QED) is 0.196. The lowest BCUT2D eigenvalue weighted by molar-refractivity contribution is 0.714. The maximum absolute atomic E-state index is 5.08. The Morgan fingerprint density at radius 2 is 1.93 bits per heavy atom. The van der Waals surface area contributed by atoms with Crippen LogP contribution in [-0.4, -0.2) is 21.5 Å². The first-order valence-corrected chi connectivity index (χ1v) is 15.1. The highest BCUT2D eigenvalue weighted by atomic mass is 32.1. The fraction of sp³-hybridized carbons (Fsp3) is 0.229. The number of unbranched alkanes of at least 4 members (excludes halogenated alkanes) is 1. The second kappa shape index (κ2) is 11.7. The van der Waals surface area contributed by atoms with Crippen LogP contribution in [0.5, 0.6) is 0 Å². The number of benzene rings is 2. The van der Waals surface area contributed by atoms with Gasteiger partial charge in [-0.1, -0.05) is 68.2 Å². The van der Waals surface area contributed by atoms with Crippen molar-refractivity contribution in [2.45, 2.75) is 46.1 Å². The molecule has 0 saturated carbocycles. The van der Waals surface area contributed by atoms with E-state index >= 15 is 0 Å². The van der Waals surface area contributed by atoms with E-state index in [0.717, 1.165) is 63.2 Å². The third-order valence-corrected chi connectivity index (χ3v) is 8.77. The predicted octanol–water partition coefficient (Wildman–Crippen LogP) is 8.69. The van der Waals surface area contributed by atoms with Crippen LogP contribution in [0.15, 0.2) is 80.0 Å². The summed E-state index contributed by atoms with van der Waals surface area (Å²) >= 11 is 1.62. The summed E-state index contributed by atoms with van der Waals surface area (Å²) in [6.07, 6.45) is 8.22. The molecule has 0 unspecified atom stereocenters. The van der Waals surface area contributed by atoms with Gasteiger partial charge in [-0.3, -0.25) is 4.98 Å². The molecular weight excluding hydrogens is 522 g/mol. The zero-order chi connectivity index (χ0) is 28.3. The van der Waals surface area contributed by atoms with Gasteiger partial charge in [-0.15, -0.1) is 0 Å². The molecule has 3 aromatic heterocycles. The SMILES string of the molecule is C=Cc1nc(N2CCc3ccnc(C(=C)Nc4nc5ccccc5s4)c3C2)ccc1-c1ccc(CCCC)cc1C. The van der Waals surface area contributed by atoms with E-state index in [1.54, 1.807) is 11.3 Å².